The van der Waals surface area contributed by atoms with Crippen molar-refractivity contribution in [2.24, 2.45) is 5.73 Å². The van der Waals surface area contributed by atoms with Gasteiger partial charge in [0.1, 0.15) is 12.4 Å². The highest BCUT2D eigenvalue weighted by atomic mass is 16.5. The van der Waals surface area contributed by atoms with Gasteiger partial charge in [0.2, 0.25) is 11.7 Å². The zero-order valence-corrected chi connectivity index (χ0v) is 14.0. The molecule has 0 radical (unpaired) electrons. The normalized spacial score (nSPS) is 11.2. The van der Waals surface area contributed by atoms with Crippen LogP contribution in [0.2, 0.25) is 0 Å². The number of fused-ring (bicyclic) bond motifs is 3. The van der Waals surface area contributed by atoms with Gasteiger partial charge in [-0.1, -0.05) is 12.1 Å². The van der Waals surface area contributed by atoms with Crippen molar-refractivity contribution < 1.29 is 19.0 Å². The highest BCUT2D eigenvalue weighted by molar-refractivity contribution is 6.00. The summed E-state index contributed by atoms with van der Waals surface area (Å²) < 4.78 is 13.1. The molecule has 0 saturated heterocycles. The van der Waals surface area contributed by atoms with E-state index in [1.165, 1.54) is 6.20 Å². The minimum Gasteiger partial charge on any atom is -0.618 e. The first kappa shape index (κ1) is 17.0. The molecular weight excluding hydrogens is 324 g/mol. The zero-order valence-electron chi connectivity index (χ0n) is 14.0. The Morgan fingerprint density at radius 1 is 1.40 bits per heavy atom. The van der Waals surface area contributed by atoms with E-state index in [1.54, 1.807) is 6.07 Å². The monoisotopic (exact) mass is 344 g/mol. The number of carbonyl (C=O) groups excluding carboxylic acids is 1. The maximum atomic E-state index is 12.2. The molecule has 1 aromatic carbocycles. The van der Waals surface area contributed by atoms with Crippen LogP contribution in [0.5, 0.6) is 0 Å². The van der Waals surface area contributed by atoms with Crippen LogP contribution in [0.4, 0.5) is 4.79 Å². The molecule has 2 aromatic heterocycles. The van der Waals surface area contributed by atoms with Crippen molar-refractivity contribution in [2.75, 3.05) is 13.2 Å². The number of primary amides is 1. The van der Waals surface area contributed by atoms with Gasteiger partial charge in [-0.3, -0.25) is 0 Å². The van der Waals surface area contributed by atoms with Crippen molar-refractivity contribution in [3.8, 4) is 0 Å². The maximum absolute atomic E-state index is 12.2. The van der Waals surface area contributed by atoms with Crippen LogP contribution >= 0.6 is 0 Å². The average Bonchev–Trinajstić information content (AvgIpc) is 2.94. The fraction of sp³-hybridized carbons (Fsp3) is 0.353. The molecule has 0 aliphatic rings. The first-order valence-corrected chi connectivity index (χ1v) is 8.11. The first-order chi connectivity index (χ1) is 12.1. The Hall–Kier alpha value is -2.87. The standard InChI is InChI=1S/C17H20N4O4/c1-2-24-11-15-19-13-10-21(23)14-7-4-3-6-12(14)16(13)20(15)8-5-9-25-17(18)22/h3-4,6-7,10H,2,5,8-9,11H2,1H3,(H2,18,22). The predicted octanol–water partition coefficient (Wildman–Crippen LogP) is 1.84. The lowest BCUT2D eigenvalue weighted by Crippen LogP contribution is -2.26. The van der Waals surface area contributed by atoms with Crippen LogP contribution in [0.1, 0.15) is 19.2 Å². The van der Waals surface area contributed by atoms with Crippen LogP contribution in [0.15, 0.2) is 30.5 Å². The van der Waals surface area contributed by atoms with Gasteiger partial charge in [0, 0.05) is 19.2 Å². The smallest absolute Gasteiger partial charge is 0.404 e. The molecule has 0 fully saturated rings. The number of benzene rings is 1. The number of pyridine rings is 1. The number of nitrogens with zero attached hydrogens (tertiary/aromatic N) is 3. The lowest BCUT2D eigenvalue weighted by atomic mass is 10.2. The number of imidazole rings is 1. The molecule has 25 heavy (non-hydrogen) atoms. The molecule has 0 atom stereocenters. The quantitative estimate of drug-likeness (QED) is 0.400. The number of para-hydroxylation sites is 1. The second-order valence-corrected chi connectivity index (χ2v) is 5.54. The SMILES string of the molecule is CCOCc1nc2c[n+]([O-])c3ccccc3c2n1CCCOC(N)=O. The summed E-state index contributed by atoms with van der Waals surface area (Å²) in [6.45, 7) is 3.61. The van der Waals surface area contributed by atoms with E-state index >= 15 is 0 Å². The Morgan fingerprint density at radius 3 is 2.96 bits per heavy atom. The third-order valence-corrected chi connectivity index (χ3v) is 3.92. The van der Waals surface area contributed by atoms with E-state index in [9.17, 15) is 10.0 Å². The van der Waals surface area contributed by atoms with Gasteiger partial charge in [-0.2, -0.15) is 4.73 Å². The third-order valence-electron chi connectivity index (χ3n) is 3.92. The van der Waals surface area contributed by atoms with Gasteiger partial charge in [0.25, 0.3) is 0 Å². The van der Waals surface area contributed by atoms with Crippen molar-refractivity contribution >= 4 is 28.0 Å². The van der Waals surface area contributed by atoms with Gasteiger partial charge in [0.05, 0.1) is 17.5 Å². The summed E-state index contributed by atoms with van der Waals surface area (Å²) >= 11 is 0. The minimum atomic E-state index is -0.789. The number of hydrogen-bond donors (Lipinski definition) is 1. The number of aryl methyl sites for hydroxylation is 1. The minimum absolute atomic E-state index is 0.218. The van der Waals surface area contributed by atoms with Crippen LogP contribution < -0.4 is 10.5 Å². The van der Waals surface area contributed by atoms with Gasteiger partial charge in [-0.05, 0) is 19.4 Å². The van der Waals surface area contributed by atoms with Gasteiger partial charge in [-0.25, -0.2) is 9.78 Å². The van der Waals surface area contributed by atoms with Gasteiger partial charge >= 0.3 is 6.09 Å². The molecule has 0 unspecified atom stereocenters. The van der Waals surface area contributed by atoms with Crippen molar-refractivity contribution in [1.29, 1.82) is 0 Å². The van der Waals surface area contributed by atoms with Crippen molar-refractivity contribution in [3.05, 3.63) is 41.5 Å². The van der Waals surface area contributed by atoms with E-state index < -0.39 is 6.09 Å². The number of aromatic nitrogens is 3. The van der Waals surface area contributed by atoms with E-state index in [0.29, 0.717) is 37.2 Å². The molecule has 3 aromatic rings. The summed E-state index contributed by atoms with van der Waals surface area (Å²) in [6, 6.07) is 7.38. The molecule has 8 heteroatoms. The predicted molar refractivity (Wildman–Crippen MR) is 91.7 cm³/mol. The molecule has 2 N–H and O–H groups in total. The molecular formula is C17H20N4O4. The number of amides is 1. The van der Waals surface area contributed by atoms with Gasteiger partial charge in [-0.15, -0.1) is 0 Å². The van der Waals surface area contributed by atoms with Crippen molar-refractivity contribution in [1.82, 2.24) is 9.55 Å². The van der Waals surface area contributed by atoms with E-state index in [2.05, 4.69) is 4.98 Å². The first-order valence-electron chi connectivity index (χ1n) is 8.11. The topological polar surface area (TPSA) is 106 Å². The van der Waals surface area contributed by atoms with E-state index in [0.717, 1.165) is 21.5 Å². The Kier molecular flexibility index (Phi) is 4.99. The number of hydrogen-bond acceptors (Lipinski definition) is 5. The number of nitrogens with two attached hydrogens (primary N) is 1. The van der Waals surface area contributed by atoms with E-state index in [4.69, 9.17) is 15.2 Å². The third kappa shape index (κ3) is 3.48. The summed E-state index contributed by atoms with van der Waals surface area (Å²) in [5.74, 6) is 0.729. The molecule has 1 amide bonds. The van der Waals surface area contributed by atoms with Crippen LogP contribution in [0.25, 0.3) is 21.9 Å². The summed E-state index contributed by atoms with van der Waals surface area (Å²) in [5, 5.41) is 13.0. The highest BCUT2D eigenvalue weighted by Crippen LogP contribution is 2.24. The zero-order chi connectivity index (χ0) is 17.8. The molecule has 0 saturated carbocycles. The fourth-order valence-electron chi connectivity index (χ4n) is 2.88. The molecule has 8 nitrogen and oxygen atoms in total. The van der Waals surface area contributed by atoms with Crippen LogP contribution in [-0.2, 0) is 22.6 Å². The summed E-state index contributed by atoms with van der Waals surface area (Å²) in [7, 11) is 0. The van der Waals surface area contributed by atoms with Crippen LogP contribution in [0, 0.1) is 5.21 Å². The number of carbonyl (C=O) groups is 1. The Bertz CT molecular complexity index is 906. The largest absolute Gasteiger partial charge is 0.618 e. The van der Waals surface area contributed by atoms with E-state index in [-0.39, 0.29) is 6.61 Å². The van der Waals surface area contributed by atoms with Gasteiger partial charge in [0.15, 0.2) is 5.52 Å². The van der Waals surface area contributed by atoms with Crippen molar-refractivity contribution in [2.45, 2.75) is 26.5 Å². The summed E-state index contributed by atoms with van der Waals surface area (Å²) in [5.41, 5.74) is 7.05. The molecule has 3 rings (SSSR count). The molecule has 2 heterocycles. The Morgan fingerprint density at radius 2 is 2.20 bits per heavy atom. The molecule has 0 spiro atoms. The van der Waals surface area contributed by atoms with Gasteiger partial charge < -0.3 is 25.0 Å². The number of rotatable bonds is 7. The highest BCUT2D eigenvalue weighted by Gasteiger charge is 2.18. The lowest BCUT2D eigenvalue weighted by molar-refractivity contribution is -0.575. The lowest BCUT2D eigenvalue weighted by Gasteiger charge is -2.10. The summed E-state index contributed by atoms with van der Waals surface area (Å²) in [4.78, 5) is 15.3. The maximum Gasteiger partial charge on any atom is 0.404 e. The molecule has 0 aliphatic heterocycles. The fourth-order valence-corrected chi connectivity index (χ4v) is 2.88. The second kappa shape index (κ2) is 7.35. The summed E-state index contributed by atoms with van der Waals surface area (Å²) in [6.07, 6.45) is 1.26. The van der Waals surface area contributed by atoms with Crippen LogP contribution in [0.3, 0.4) is 0 Å². The Balaban J connectivity index is 2.05. The average molecular weight is 344 g/mol. The van der Waals surface area contributed by atoms with E-state index in [1.807, 2.05) is 29.7 Å². The van der Waals surface area contributed by atoms with Crippen molar-refractivity contribution in [3.63, 3.8) is 0 Å². The van der Waals surface area contributed by atoms with Crippen LogP contribution in [-0.4, -0.2) is 28.9 Å². The molecule has 0 bridgehead atoms. The molecule has 132 valence electrons. The Labute approximate surface area is 144 Å². The molecule has 0 aliphatic carbocycles. The second-order valence-electron chi connectivity index (χ2n) is 5.54. The number of ether oxygens (including phenoxy) is 2.